The van der Waals surface area contributed by atoms with Crippen LogP contribution in [0.3, 0.4) is 0 Å². The van der Waals surface area contributed by atoms with E-state index in [9.17, 15) is 0 Å². The largest absolute Gasteiger partial charge is 0.486 e. The molecule has 0 radical (unpaired) electrons. The summed E-state index contributed by atoms with van der Waals surface area (Å²) in [5, 5.41) is 8.00. The summed E-state index contributed by atoms with van der Waals surface area (Å²) in [5.41, 5.74) is 4.63. The van der Waals surface area contributed by atoms with Gasteiger partial charge < -0.3 is 10.1 Å². The van der Waals surface area contributed by atoms with E-state index in [0.717, 1.165) is 22.1 Å². The first-order valence-corrected chi connectivity index (χ1v) is 8.90. The minimum absolute atomic E-state index is 0.450. The van der Waals surface area contributed by atoms with Gasteiger partial charge in [-0.2, -0.15) is 5.10 Å². The Morgan fingerprint density at radius 2 is 2.08 bits per heavy atom. The Morgan fingerprint density at radius 3 is 2.75 bits per heavy atom. The van der Waals surface area contributed by atoms with E-state index in [-0.39, 0.29) is 0 Å². The minimum atomic E-state index is 0.450. The molecule has 4 nitrogen and oxygen atoms in total. The number of rotatable bonds is 6. The van der Waals surface area contributed by atoms with Crippen molar-refractivity contribution in [3.8, 4) is 5.75 Å². The standard InChI is InChI=1S/C17H17BrClN3OS/c1-2-20-17(24)22-21-10-13-8-14(18)16(15(19)9-13)23-11-12-6-4-3-5-7-12/h3-10H,2,11H2,1H3,(H2,20,22,24)/b21-10-. The van der Waals surface area contributed by atoms with Crippen molar-refractivity contribution >= 4 is 51.1 Å². The van der Waals surface area contributed by atoms with Crippen molar-refractivity contribution < 1.29 is 4.74 Å². The van der Waals surface area contributed by atoms with Crippen molar-refractivity contribution in [1.29, 1.82) is 0 Å². The summed E-state index contributed by atoms with van der Waals surface area (Å²) in [6, 6.07) is 13.6. The summed E-state index contributed by atoms with van der Waals surface area (Å²) in [5.74, 6) is 0.605. The molecule has 2 rings (SSSR count). The van der Waals surface area contributed by atoms with Gasteiger partial charge in [0, 0.05) is 6.54 Å². The van der Waals surface area contributed by atoms with Crippen molar-refractivity contribution in [2.75, 3.05) is 6.54 Å². The Balaban J connectivity index is 2.02. The summed E-state index contributed by atoms with van der Waals surface area (Å²) in [4.78, 5) is 0. The van der Waals surface area contributed by atoms with E-state index in [0.29, 0.717) is 22.5 Å². The third kappa shape index (κ3) is 5.78. The Hall–Kier alpha value is -1.63. The molecule has 0 saturated carbocycles. The van der Waals surface area contributed by atoms with Gasteiger partial charge in [-0.05, 0) is 58.3 Å². The van der Waals surface area contributed by atoms with Crippen molar-refractivity contribution in [3.05, 3.63) is 63.1 Å². The topological polar surface area (TPSA) is 45.7 Å². The van der Waals surface area contributed by atoms with E-state index in [4.69, 9.17) is 28.6 Å². The zero-order valence-electron chi connectivity index (χ0n) is 13.1. The molecule has 0 aliphatic carbocycles. The molecule has 0 amide bonds. The first kappa shape index (κ1) is 18.7. The fraction of sp³-hybridized carbons (Fsp3) is 0.176. The highest BCUT2D eigenvalue weighted by atomic mass is 79.9. The lowest BCUT2D eigenvalue weighted by molar-refractivity contribution is 0.304. The van der Waals surface area contributed by atoms with Crippen LogP contribution < -0.4 is 15.5 Å². The van der Waals surface area contributed by atoms with Crippen LogP contribution in [0.25, 0.3) is 0 Å². The fourth-order valence-corrected chi connectivity index (χ4v) is 3.07. The molecular weight excluding hydrogens is 410 g/mol. The van der Waals surface area contributed by atoms with E-state index in [1.54, 1.807) is 12.3 Å². The number of ether oxygens (including phenoxy) is 1. The second-order valence-electron chi connectivity index (χ2n) is 4.82. The van der Waals surface area contributed by atoms with Gasteiger partial charge in [0.15, 0.2) is 10.9 Å². The highest BCUT2D eigenvalue weighted by Gasteiger charge is 2.09. The molecule has 0 fully saturated rings. The molecule has 0 spiro atoms. The van der Waals surface area contributed by atoms with E-state index in [2.05, 4.69) is 31.8 Å². The number of halogens is 2. The van der Waals surface area contributed by atoms with Crippen LogP contribution in [0.4, 0.5) is 0 Å². The lowest BCUT2D eigenvalue weighted by Gasteiger charge is -2.11. The van der Waals surface area contributed by atoms with Gasteiger partial charge in [-0.15, -0.1) is 0 Å². The molecule has 0 aliphatic rings. The average molecular weight is 427 g/mol. The van der Waals surface area contributed by atoms with Crippen molar-refractivity contribution in [2.45, 2.75) is 13.5 Å². The SMILES string of the molecule is CCNC(=S)N/N=C\c1cc(Cl)c(OCc2ccccc2)c(Br)c1. The van der Waals surface area contributed by atoms with Crippen molar-refractivity contribution in [3.63, 3.8) is 0 Å². The number of hydrogen-bond acceptors (Lipinski definition) is 3. The molecule has 0 heterocycles. The molecule has 0 bridgehead atoms. The molecule has 0 unspecified atom stereocenters. The van der Waals surface area contributed by atoms with Crippen LogP contribution in [-0.4, -0.2) is 17.9 Å². The number of benzene rings is 2. The number of thiocarbonyl (C=S) groups is 1. The third-order valence-electron chi connectivity index (χ3n) is 2.96. The second-order valence-corrected chi connectivity index (χ2v) is 6.49. The molecule has 2 aromatic rings. The molecule has 2 aromatic carbocycles. The van der Waals surface area contributed by atoms with E-state index in [1.165, 1.54) is 0 Å². The summed E-state index contributed by atoms with van der Waals surface area (Å²) < 4.78 is 6.58. The molecule has 24 heavy (non-hydrogen) atoms. The van der Waals surface area contributed by atoms with Crippen LogP contribution in [0.5, 0.6) is 5.75 Å². The van der Waals surface area contributed by atoms with Crippen LogP contribution in [0.2, 0.25) is 5.02 Å². The van der Waals surface area contributed by atoms with Crippen LogP contribution in [0.1, 0.15) is 18.1 Å². The van der Waals surface area contributed by atoms with Gasteiger partial charge in [0.2, 0.25) is 0 Å². The molecule has 126 valence electrons. The van der Waals surface area contributed by atoms with E-state index in [1.807, 2.05) is 43.3 Å². The van der Waals surface area contributed by atoms with Gasteiger partial charge in [0.25, 0.3) is 0 Å². The van der Waals surface area contributed by atoms with E-state index >= 15 is 0 Å². The quantitative estimate of drug-likeness (QED) is 0.405. The monoisotopic (exact) mass is 425 g/mol. The highest BCUT2D eigenvalue weighted by Crippen LogP contribution is 2.34. The summed E-state index contributed by atoms with van der Waals surface area (Å²) >= 11 is 14.8. The summed E-state index contributed by atoms with van der Waals surface area (Å²) in [6.45, 7) is 3.15. The second kappa shape index (κ2) is 9.61. The molecule has 0 atom stereocenters. The van der Waals surface area contributed by atoms with Crippen molar-refractivity contribution in [2.24, 2.45) is 5.10 Å². The molecular formula is C17H17BrClN3OS. The predicted octanol–water partition coefficient (Wildman–Crippen LogP) is 4.50. The van der Waals surface area contributed by atoms with Crippen LogP contribution in [-0.2, 0) is 6.61 Å². The maximum atomic E-state index is 6.32. The number of nitrogens with one attached hydrogen (secondary N) is 2. The Kier molecular flexibility index (Phi) is 7.49. The average Bonchev–Trinajstić information content (AvgIpc) is 2.55. The maximum Gasteiger partial charge on any atom is 0.186 e. The summed E-state index contributed by atoms with van der Waals surface area (Å²) in [6.07, 6.45) is 1.64. The summed E-state index contributed by atoms with van der Waals surface area (Å²) in [7, 11) is 0. The molecule has 0 aromatic heterocycles. The highest BCUT2D eigenvalue weighted by molar-refractivity contribution is 9.10. The Labute approximate surface area is 160 Å². The van der Waals surface area contributed by atoms with Crippen LogP contribution in [0, 0.1) is 0 Å². The zero-order chi connectivity index (χ0) is 17.4. The zero-order valence-corrected chi connectivity index (χ0v) is 16.2. The van der Waals surface area contributed by atoms with Crippen LogP contribution >= 0.6 is 39.7 Å². The minimum Gasteiger partial charge on any atom is -0.486 e. The number of hydrogen-bond donors (Lipinski definition) is 2. The first-order chi connectivity index (χ1) is 11.6. The Bertz CT molecular complexity index is 702. The number of hydrazone groups is 1. The van der Waals surface area contributed by atoms with Crippen LogP contribution in [0.15, 0.2) is 52.0 Å². The fourth-order valence-electron chi connectivity index (χ4n) is 1.89. The van der Waals surface area contributed by atoms with Gasteiger partial charge in [-0.25, -0.2) is 0 Å². The first-order valence-electron chi connectivity index (χ1n) is 7.32. The van der Waals surface area contributed by atoms with Gasteiger partial charge >= 0.3 is 0 Å². The normalized spacial score (nSPS) is 10.6. The van der Waals surface area contributed by atoms with Gasteiger partial charge in [0.05, 0.1) is 15.7 Å². The maximum absolute atomic E-state index is 6.32. The molecule has 7 heteroatoms. The Morgan fingerprint density at radius 1 is 1.33 bits per heavy atom. The molecule has 0 saturated heterocycles. The van der Waals surface area contributed by atoms with Gasteiger partial charge in [-0.1, -0.05) is 41.9 Å². The third-order valence-corrected chi connectivity index (χ3v) is 4.07. The van der Waals surface area contributed by atoms with Gasteiger partial charge in [-0.3, -0.25) is 5.43 Å². The lowest BCUT2D eigenvalue weighted by atomic mass is 10.2. The molecule has 2 N–H and O–H groups in total. The smallest absolute Gasteiger partial charge is 0.186 e. The number of nitrogens with zero attached hydrogens (tertiary/aromatic N) is 1. The lowest BCUT2D eigenvalue weighted by Crippen LogP contribution is -2.31. The van der Waals surface area contributed by atoms with Gasteiger partial charge in [0.1, 0.15) is 6.61 Å². The van der Waals surface area contributed by atoms with E-state index < -0.39 is 0 Å². The predicted molar refractivity (Wildman–Crippen MR) is 107 cm³/mol. The molecule has 0 aliphatic heterocycles. The van der Waals surface area contributed by atoms with Crippen molar-refractivity contribution in [1.82, 2.24) is 10.7 Å².